The Hall–Kier alpha value is -5.47. The van der Waals surface area contributed by atoms with E-state index in [-0.39, 0.29) is 49.6 Å². The van der Waals surface area contributed by atoms with Crippen LogP contribution in [0.15, 0.2) is 83.5 Å². The Morgan fingerprint density at radius 2 is 1.45 bits per heavy atom. The molecule has 0 spiro atoms. The number of aliphatic hydroxyl groups is 1. The number of anilines is 1. The lowest BCUT2D eigenvalue weighted by molar-refractivity contribution is -0.144. The standard InChI is InChI=1S/C52H73N9O12S2/c1-37(40-8-10-41(11-9-40)47-38(2)55-36-74-47)56-49(64)45-31-43(62)34-61(45)50(65)48(52(3,4)5)58-46(63)35-73-30-29-72-28-27-71-26-25-70-24-23-69-22-21-59-17-19-60(20-18-59)75(67,68)44-14-12-42(13-15-44)57-51(66)54-33-39-7-6-16-53-32-39/h6-16,32,36-37,43,45,48,62H,17-31,33-35H2,1-5H3,(H,56,64)(H,58,63)(H2,54,57,66). The van der Waals surface area contributed by atoms with Crippen LogP contribution in [0.5, 0.6) is 0 Å². The first-order chi connectivity index (χ1) is 36.0. The summed E-state index contributed by atoms with van der Waals surface area (Å²) in [5, 5.41) is 21.9. The smallest absolute Gasteiger partial charge is 0.319 e. The maximum Gasteiger partial charge on any atom is 0.319 e. The Morgan fingerprint density at radius 3 is 2.04 bits per heavy atom. The molecule has 5 N–H and O–H groups in total. The van der Waals surface area contributed by atoms with E-state index in [1.54, 1.807) is 41.9 Å². The zero-order valence-electron chi connectivity index (χ0n) is 43.5. The summed E-state index contributed by atoms with van der Waals surface area (Å²) in [6, 6.07) is 15.0. The van der Waals surface area contributed by atoms with Crippen molar-refractivity contribution >= 4 is 50.8 Å². The number of β-amino-alcohol motifs (C(OH)–C–C–N with tert-alkyl or cyclic N) is 1. The van der Waals surface area contributed by atoms with Crippen LogP contribution in [0.3, 0.4) is 0 Å². The van der Waals surface area contributed by atoms with Gasteiger partial charge in [-0.25, -0.2) is 18.2 Å². The van der Waals surface area contributed by atoms with E-state index in [0.717, 1.165) is 27.3 Å². The molecule has 75 heavy (non-hydrogen) atoms. The van der Waals surface area contributed by atoms with Crippen molar-refractivity contribution in [3.63, 3.8) is 0 Å². The van der Waals surface area contributed by atoms with E-state index in [9.17, 15) is 32.7 Å². The number of aliphatic hydroxyl groups excluding tert-OH is 1. The zero-order chi connectivity index (χ0) is 53.8. The highest BCUT2D eigenvalue weighted by Gasteiger charge is 2.45. The van der Waals surface area contributed by atoms with Gasteiger partial charge in [0, 0.05) is 70.3 Å². The van der Waals surface area contributed by atoms with E-state index in [0.29, 0.717) is 91.2 Å². The Labute approximate surface area is 444 Å². The number of hydrogen-bond donors (Lipinski definition) is 5. The quantitative estimate of drug-likeness (QED) is 0.0510. The molecule has 2 aromatic carbocycles. The molecule has 6 rings (SSSR count). The first-order valence-electron chi connectivity index (χ1n) is 25.2. The van der Waals surface area contributed by atoms with Gasteiger partial charge in [-0.1, -0.05) is 51.1 Å². The molecule has 2 saturated heterocycles. The highest BCUT2D eigenvalue weighted by Crippen LogP contribution is 2.30. The molecule has 0 radical (unpaired) electrons. The SMILES string of the molecule is Cc1ncsc1-c1ccc(C(C)NC(=O)C2CC(O)CN2C(=O)C(NC(=O)COCCOCCOCCOCCOCCN2CCN(S(=O)(=O)c3ccc(NC(=O)NCc4cccnc4)cc3)CC2)C(C)(C)C)cc1. The number of carbonyl (C=O) groups excluding carboxylic acids is 4. The van der Waals surface area contributed by atoms with Crippen molar-refractivity contribution in [3.05, 3.63) is 95.4 Å². The minimum Gasteiger partial charge on any atom is -0.391 e. The predicted molar refractivity (Wildman–Crippen MR) is 282 cm³/mol. The molecular formula is C52H73N9O12S2. The summed E-state index contributed by atoms with van der Waals surface area (Å²) >= 11 is 1.57. The van der Waals surface area contributed by atoms with Crippen molar-refractivity contribution in [2.45, 2.75) is 76.7 Å². The van der Waals surface area contributed by atoms with Gasteiger partial charge < -0.3 is 55.0 Å². The van der Waals surface area contributed by atoms with Crippen LogP contribution < -0.4 is 21.3 Å². The van der Waals surface area contributed by atoms with Gasteiger partial charge in [-0.2, -0.15) is 4.31 Å². The fourth-order valence-electron chi connectivity index (χ4n) is 8.37. The fraction of sp³-hybridized carbons (Fsp3) is 0.538. The van der Waals surface area contributed by atoms with Crippen LogP contribution in [-0.2, 0) is 54.6 Å². The van der Waals surface area contributed by atoms with Crippen LogP contribution in [0.4, 0.5) is 10.5 Å². The number of aryl methyl sites for hydroxylation is 1. The number of thiazole rings is 1. The second kappa shape index (κ2) is 29.2. The lowest BCUT2D eigenvalue weighted by Gasteiger charge is -2.35. The molecule has 2 aromatic heterocycles. The van der Waals surface area contributed by atoms with Crippen LogP contribution in [0.1, 0.15) is 57.0 Å². The normalized spacial score (nSPS) is 17.3. The number of hydrogen-bond acceptors (Lipinski definition) is 16. The summed E-state index contributed by atoms with van der Waals surface area (Å²) in [5.41, 5.74) is 5.31. The highest BCUT2D eigenvalue weighted by atomic mass is 32.2. The van der Waals surface area contributed by atoms with Gasteiger partial charge in [0.1, 0.15) is 18.7 Å². The van der Waals surface area contributed by atoms with E-state index in [1.807, 2.05) is 70.5 Å². The van der Waals surface area contributed by atoms with Crippen LogP contribution in [0.25, 0.3) is 10.4 Å². The number of likely N-dealkylation sites (tertiary alicyclic amines) is 1. The van der Waals surface area contributed by atoms with Crippen molar-refractivity contribution in [1.29, 1.82) is 0 Å². The number of aromatic nitrogens is 2. The zero-order valence-corrected chi connectivity index (χ0v) is 45.2. The topological polar surface area (TPSA) is 252 Å². The third-order valence-electron chi connectivity index (χ3n) is 12.6. The van der Waals surface area contributed by atoms with Gasteiger partial charge in [0.15, 0.2) is 0 Å². The van der Waals surface area contributed by atoms with Gasteiger partial charge >= 0.3 is 6.03 Å². The Morgan fingerprint density at radius 1 is 0.827 bits per heavy atom. The van der Waals surface area contributed by atoms with Crippen molar-refractivity contribution in [2.75, 3.05) is 111 Å². The molecule has 21 nitrogen and oxygen atoms in total. The third kappa shape index (κ3) is 18.4. The average Bonchev–Trinajstić information content (AvgIpc) is 4.02. The Bertz CT molecular complexity index is 2530. The van der Waals surface area contributed by atoms with Gasteiger partial charge in [-0.05, 0) is 66.3 Å². The van der Waals surface area contributed by atoms with Crippen LogP contribution in [0, 0.1) is 12.3 Å². The number of urea groups is 1. The first kappa shape index (κ1) is 58.8. The molecule has 23 heteroatoms. The number of sulfonamides is 1. The second-order valence-electron chi connectivity index (χ2n) is 19.3. The second-order valence-corrected chi connectivity index (χ2v) is 22.1. The number of benzene rings is 2. The summed E-state index contributed by atoms with van der Waals surface area (Å²) < 4.78 is 56.0. The molecule has 0 aliphatic carbocycles. The maximum atomic E-state index is 14.0. The number of pyridine rings is 1. The maximum absolute atomic E-state index is 14.0. The van der Waals surface area contributed by atoms with Crippen LogP contribution >= 0.6 is 11.3 Å². The Balaban J connectivity index is 0.755. The first-order valence-corrected chi connectivity index (χ1v) is 27.5. The van der Waals surface area contributed by atoms with Crippen molar-refractivity contribution in [2.24, 2.45) is 5.41 Å². The summed E-state index contributed by atoms with van der Waals surface area (Å²) in [4.78, 5) is 66.0. The third-order valence-corrected chi connectivity index (χ3v) is 15.5. The summed E-state index contributed by atoms with van der Waals surface area (Å²) in [6.07, 6.45) is 2.51. The molecule has 4 unspecified atom stereocenters. The van der Waals surface area contributed by atoms with Crippen LogP contribution in [0.2, 0.25) is 0 Å². The monoisotopic (exact) mass is 1080 g/mol. The molecule has 2 fully saturated rings. The number of nitrogens with zero attached hydrogens (tertiary/aromatic N) is 5. The van der Waals surface area contributed by atoms with Gasteiger partial charge in [0.2, 0.25) is 27.7 Å². The molecule has 4 heterocycles. The van der Waals surface area contributed by atoms with E-state index in [1.165, 1.54) is 21.3 Å². The number of rotatable bonds is 28. The van der Waals surface area contributed by atoms with Gasteiger partial charge in [-0.3, -0.25) is 24.3 Å². The number of nitrogens with one attached hydrogen (secondary N) is 4. The van der Waals surface area contributed by atoms with Crippen molar-refractivity contribution in [1.82, 2.24) is 40.0 Å². The number of amides is 5. The van der Waals surface area contributed by atoms with Gasteiger partial charge in [0.25, 0.3) is 0 Å². The van der Waals surface area contributed by atoms with E-state index >= 15 is 0 Å². The molecule has 410 valence electrons. The molecule has 5 amide bonds. The van der Waals surface area contributed by atoms with E-state index in [4.69, 9.17) is 23.7 Å². The van der Waals surface area contributed by atoms with Crippen molar-refractivity contribution in [3.8, 4) is 10.4 Å². The summed E-state index contributed by atoms with van der Waals surface area (Å²) in [5.74, 6) is -1.33. The summed E-state index contributed by atoms with van der Waals surface area (Å²) in [6.45, 7) is 14.9. The van der Waals surface area contributed by atoms with Gasteiger partial charge in [-0.15, -0.1) is 11.3 Å². The predicted octanol–water partition coefficient (Wildman–Crippen LogP) is 3.59. The van der Waals surface area contributed by atoms with E-state index < -0.39 is 51.5 Å². The molecule has 0 saturated carbocycles. The van der Waals surface area contributed by atoms with Gasteiger partial charge in [0.05, 0.1) is 92.6 Å². The molecule has 2 aliphatic rings. The minimum atomic E-state index is -3.69. The largest absolute Gasteiger partial charge is 0.391 e. The lowest BCUT2D eigenvalue weighted by atomic mass is 9.85. The molecule has 0 bridgehead atoms. The summed E-state index contributed by atoms with van der Waals surface area (Å²) in [7, 11) is -3.69. The molecule has 4 atom stereocenters. The molecule has 2 aliphatic heterocycles. The molecule has 4 aromatic rings. The molecular weight excluding hydrogens is 1010 g/mol. The minimum absolute atomic E-state index is 0.0307. The number of ether oxygens (including phenoxy) is 5. The Kier molecular flexibility index (Phi) is 22.9. The van der Waals surface area contributed by atoms with Crippen molar-refractivity contribution < 1.29 is 56.4 Å². The van der Waals surface area contributed by atoms with E-state index in [2.05, 4.69) is 36.1 Å². The average molecular weight is 1080 g/mol. The number of carbonyl (C=O) groups is 4. The lowest BCUT2D eigenvalue weighted by Crippen LogP contribution is -2.58. The highest BCUT2D eigenvalue weighted by molar-refractivity contribution is 7.89. The fourth-order valence-corrected chi connectivity index (χ4v) is 10.6. The number of piperazine rings is 1. The van der Waals surface area contributed by atoms with Crippen LogP contribution in [-0.4, -0.2) is 185 Å².